The van der Waals surface area contributed by atoms with Gasteiger partial charge in [-0.25, -0.2) is 4.39 Å². The van der Waals surface area contributed by atoms with Crippen LogP contribution in [-0.4, -0.2) is 17.1 Å². The van der Waals surface area contributed by atoms with Crippen molar-refractivity contribution in [1.29, 1.82) is 0 Å². The van der Waals surface area contributed by atoms with Crippen molar-refractivity contribution < 1.29 is 14.3 Å². The van der Waals surface area contributed by atoms with E-state index in [1.54, 1.807) is 12.1 Å². The first-order valence-electron chi connectivity index (χ1n) is 4.41. The zero-order chi connectivity index (χ0) is 11.4. The predicted octanol–water partition coefficient (Wildman–Crippen LogP) is 2.15. The van der Waals surface area contributed by atoms with Crippen molar-refractivity contribution in [2.75, 3.05) is 0 Å². The first-order chi connectivity index (χ1) is 7.00. The first kappa shape index (κ1) is 12.1. The zero-order valence-electron chi connectivity index (χ0n) is 8.13. The molecule has 1 atom stereocenters. The first-order valence-corrected chi connectivity index (χ1v) is 5.20. The van der Waals surface area contributed by atoms with E-state index < -0.39 is 12.0 Å². The van der Waals surface area contributed by atoms with E-state index in [-0.39, 0.29) is 12.4 Å². The second-order valence-electron chi connectivity index (χ2n) is 3.18. The molecule has 0 aliphatic heterocycles. The van der Waals surface area contributed by atoms with Crippen LogP contribution in [0.15, 0.2) is 22.7 Å². The van der Waals surface area contributed by atoms with E-state index >= 15 is 0 Å². The van der Waals surface area contributed by atoms with Gasteiger partial charge in [0.05, 0.1) is 0 Å². The molecule has 0 aliphatic rings. The Hall–Kier alpha value is -0.940. The zero-order valence-corrected chi connectivity index (χ0v) is 9.71. The van der Waals surface area contributed by atoms with E-state index in [4.69, 9.17) is 5.11 Å². The van der Waals surface area contributed by atoms with E-state index in [1.807, 2.05) is 0 Å². The molecule has 0 aromatic heterocycles. The normalized spacial score (nSPS) is 12.5. The van der Waals surface area contributed by atoms with Crippen LogP contribution in [0.2, 0.25) is 0 Å². The van der Waals surface area contributed by atoms with E-state index in [2.05, 4.69) is 21.2 Å². The molecule has 0 amide bonds. The third-order valence-corrected chi connectivity index (χ3v) is 2.48. The Morgan fingerprint density at radius 2 is 2.33 bits per heavy atom. The Kier molecular flexibility index (Phi) is 4.23. The van der Waals surface area contributed by atoms with Crippen molar-refractivity contribution in [3.8, 4) is 0 Å². The molecule has 82 valence electrons. The van der Waals surface area contributed by atoms with Gasteiger partial charge in [-0.1, -0.05) is 22.0 Å². The number of nitrogens with one attached hydrogen (secondary N) is 1. The van der Waals surface area contributed by atoms with Gasteiger partial charge in [-0.2, -0.15) is 0 Å². The highest BCUT2D eigenvalue weighted by Gasteiger charge is 2.10. The van der Waals surface area contributed by atoms with Gasteiger partial charge in [0.25, 0.3) is 0 Å². The van der Waals surface area contributed by atoms with Gasteiger partial charge in [-0.05, 0) is 19.1 Å². The molecule has 2 N–H and O–H groups in total. The second kappa shape index (κ2) is 5.23. The maximum atomic E-state index is 13.3. The predicted molar refractivity (Wildman–Crippen MR) is 58.0 cm³/mol. The molecule has 0 saturated heterocycles. The Morgan fingerprint density at radius 3 is 2.87 bits per heavy atom. The molecular weight excluding hydrogens is 265 g/mol. The van der Waals surface area contributed by atoms with Crippen LogP contribution in [0.5, 0.6) is 0 Å². The van der Waals surface area contributed by atoms with Crippen LogP contribution < -0.4 is 5.32 Å². The molecule has 1 aromatic rings. The minimum Gasteiger partial charge on any atom is -0.480 e. The van der Waals surface area contributed by atoms with Crippen molar-refractivity contribution >= 4 is 21.9 Å². The van der Waals surface area contributed by atoms with Gasteiger partial charge in [0.2, 0.25) is 0 Å². The summed E-state index contributed by atoms with van der Waals surface area (Å²) in [6, 6.07) is 3.99. The smallest absolute Gasteiger partial charge is 0.320 e. The van der Waals surface area contributed by atoms with Crippen LogP contribution in [-0.2, 0) is 11.3 Å². The number of aliphatic carboxylic acids is 1. The SMILES string of the molecule is C[C@H](NCc1ccc(Br)cc1F)C(=O)O. The third kappa shape index (κ3) is 3.60. The molecule has 0 unspecified atom stereocenters. The minimum atomic E-state index is -0.951. The van der Waals surface area contributed by atoms with E-state index in [9.17, 15) is 9.18 Å². The Bertz CT molecular complexity index is 370. The third-order valence-electron chi connectivity index (χ3n) is 1.98. The summed E-state index contributed by atoms with van der Waals surface area (Å²) < 4.78 is 13.9. The van der Waals surface area contributed by atoms with Gasteiger partial charge in [0, 0.05) is 16.6 Å². The number of hydrogen-bond acceptors (Lipinski definition) is 2. The maximum absolute atomic E-state index is 13.3. The summed E-state index contributed by atoms with van der Waals surface area (Å²) in [6.45, 7) is 1.71. The number of halogens is 2. The van der Waals surface area contributed by atoms with E-state index in [1.165, 1.54) is 13.0 Å². The number of carboxylic acid groups (broad SMARTS) is 1. The van der Waals surface area contributed by atoms with Crippen molar-refractivity contribution in [3.05, 3.63) is 34.1 Å². The number of carbonyl (C=O) groups is 1. The van der Waals surface area contributed by atoms with Gasteiger partial charge in [0.15, 0.2) is 0 Å². The highest BCUT2D eigenvalue weighted by atomic mass is 79.9. The summed E-state index contributed by atoms with van der Waals surface area (Å²) in [7, 11) is 0. The molecule has 0 spiro atoms. The van der Waals surface area contributed by atoms with E-state index in [0.29, 0.717) is 10.0 Å². The van der Waals surface area contributed by atoms with Crippen LogP contribution in [0, 0.1) is 5.82 Å². The lowest BCUT2D eigenvalue weighted by Crippen LogP contribution is -2.33. The molecule has 3 nitrogen and oxygen atoms in total. The summed E-state index contributed by atoms with van der Waals surface area (Å²) in [5.41, 5.74) is 0.450. The highest BCUT2D eigenvalue weighted by molar-refractivity contribution is 9.10. The van der Waals surface area contributed by atoms with Crippen molar-refractivity contribution in [3.63, 3.8) is 0 Å². The average Bonchev–Trinajstić information content (AvgIpc) is 2.15. The minimum absolute atomic E-state index is 0.201. The maximum Gasteiger partial charge on any atom is 0.320 e. The number of hydrogen-bond donors (Lipinski definition) is 2. The molecule has 0 saturated carbocycles. The molecule has 0 fully saturated rings. The van der Waals surface area contributed by atoms with Crippen LogP contribution in [0.1, 0.15) is 12.5 Å². The second-order valence-corrected chi connectivity index (χ2v) is 4.09. The van der Waals surface area contributed by atoms with Crippen LogP contribution in [0.25, 0.3) is 0 Å². The summed E-state index contributed by atoms with van der Waals surface area (Å²) in [5, 5.41) is 11.3. The van der Waals surface area contributed by atoms with E-state index in [0.717, 1.165) is 0 Å². The molecule has 1 rings (SSSR count). The highest BCUT2D eigenvalue weighted by Crippen LogP contribution is 2.15. The molecular formula is C10H11BrFNO2. The summed E-state index contributed by atoms with van der Waals surface area (Å²) in [6.07, 6.45) is 0. The van der Waals surface area contributed by atoms with Gasteiger partial charge >= 0.3 is 5.97 Å². The van der Waals surface area contributed by atoms with Crippen molar-refractivity contribution in [1.82, 2.24) is 5.32 Å². The largest absolute Gasteiger partial charge is 0.480 e. The van der Waals surface area contributed by atoms with Gasteiger partial charge in [-0.3, -0.25) is 4.79 Å². The van der Waals surface area contributed by atoms with Crippen molar-refractivity contribution in [2.24, 2.45) is 0 Å². The fourth-order valence-corrected chi connectivity index (χ4v) is 1.35. The standard InChI is InChI=1S/C10H11BrFNO2/c1-6(10(14)15)13-5-7-2-3-8(11)4-9(7)12/h2-4,6,13H,5H2,1H3,(H,14,15)/t6-/m0/s1. The molecule has 0 bridgehead atoms. The van der Waals surface area contributed by atoms with Crippen molar-refractivity contribution in [2.45, 2.75) is 19.5 Å². The number of benzene rings is 1. The Labute approximate surface area is 95.4 Å². The van der Waals surface area contributed by atoms with Crippen LogP contribution in [0.4, 0.5) is 4.39 Å². The molecule has 1 aromatic carbocycles. The summed E-state index contributed by atoms with van der Waals surface area (Å²) in [5.74, 6) is -1.30. The lowest BCUT2D eigenvalue weighted by Gasteiger charge is -2.09. The lowest BCUT2D eigenvalue weighted by atomic mass is 10.2. The quantitative estimate of drug-likeness (QED) is 0.885. The topological polar surface area (TPSA) is 49.3 Å². The van der Waals surface area contributed by atoms with Crippen LogP contribution in [0.3, 0.4) is 0 Å². The summed E-state index contributed by atoms with van der Waals surface area (Å²) in [4.78, 5) is 10.5. The van der Waals surface area contributed by atoms with Gasteiger partial charge in [-0.15, -0.1) is 0 Å². The molecule has 0 heterocycles. The summed E-state index contributed by atoms with van der Waals surface area (Å²) >= 11 is 3.15. The van der Waals surface area contributed by atoms with Gasteiger partial charge in [0.1, 0.15) is 11.9 Å². The molecule has 15 heavy (non-hydrogen) atoms. The number of rotatable bonds is 4. The Balaban J connectivity index is 2.62. The Morgan fingerprint density at radius 1 is 1.67 bits per heavy atom. The fraction of sp³-hybridized carbons (Fsp3) is 0.300. The molecule has 5 heteroatoms. The fourth-order valence-electron chi connectivity index (χ4n) is 1.02. The molecule has 0 aliphatic carbocycles. The lowest BCUT2D eigenvalue weighted by molar-refractivity contribution is -0.139. The van der Waals surface area contributed by atoms with Crippen LogP contribution >= 0.6 is 15.9 Å². The van der Waals surface area contributed by atoms with Gasteiger partial charge < -0.3 is 10.4 Å². The molecule has 0 radical (unpaired) electrons. The number of carboxylic acids is 1. The monoisotopic (exact) mass is 275 g/mol. The average molecular weight is 276 g/mol.